The van der Waals surface area contributed by atoms with Crippen molar-refractivity contribution in [3.63, 3.8) is 0 Å². The number of rotatable bonds is 5. The molecule has 14 heavy (non-hydrogen) atoms. The van der Waals surface area contributed by atoms with Gasteiger partial charge in [0.15, 0.2) is 0 Å². The molecule has 0 aliphatic carbocycles. The molecule has 0 aromatic heterocycles. The van der Waals surface area contributed by atoms with Crippen molar-refractivity contribution in [1.29, 1.82) is 0 Å². The lowest BCUT2D eigenvalue weighted by Gasteiger charge is -2.09. The van der Waals surface area contributed by atoms with Gasteiger partial charge in [0.05, 0.1) is 0 Å². The van der Waals surface area contributed by atoms with Gasteiger partial charge >= 0.3 is 0 Å². The van der Waals surface area contributed by atoms with Crippen molar-refractivity contribution in [1.82, 2.24) is 0 Å². The van der Waals surface area contributed by atoms with Crippen molar-refractivity contribution >= 4 is 11.8 Å². The first-order valence-electron chi connectivity index (χ1n) is 4.79. The van der Waals surface area contributed by atoms with Crippen LogP contribution in [0, 0.1) is 5.82 Å². The minimum Gasteiger partial charge on any atom is -0.330 e. The van der Waals surface area contributed by atoms with Crippen molar-refractivity contribution in [2.45, 2.75) is 24.3 Å². The molecule has 1 unspecified atom stereocenters. The van der Waals surface area contributed by atoms with Gasteiger partial charge in [0, 0.05) is 11.0 Å². The maximum absolute atomic E-state index is 13.2. The summed E-state index contributed by atoms with van der Waals surface area (Å²) in [5.41, 5.74) is 6.22. The van der Waals surface area contributed by atoms with E-state index in [0.717, 1.165) is 17.7 Å². The third-order valence-electron chi connectivity index (χ3n) is 2.05. The van der Waals surface area contributed by atoms with Crippen LogP contribution in [0.15, 0.2) is 24.3 Å². The van der Waals surface area contributed by atoms with Crippen LogP contribution in [0.5, 0.6) is 0 Å². The molecule has 0 radical (unpaired) electrons. The van der Waals surface area contributed by atoms with E-state index in [9.17, 15) is 4.39 Å². The lowest BCUT2D eigenvalue weighted by molar-refractivity contribution is 0.617. The predicted molar refractivity (Wildman–Crippen MR) is 60.8 cm³/mol. The number of benzene rings is 1. The molecule has 0 aliphatic heterocycles. The van der Waals surface area contributed by atoms with Gasteiger partial charge in [0.25, 0.3) is 0 Å². The molecule has 0 heterocycles. The summed E-state index contributed by atoms with van der Waals surface area (Å²) in [5, 5.41) is 0.500. The average Bonchev–Trinajstić information content (AvgIpc) is 2.17. The van der Waals surface area contributed by atoms with Crippen molar-refractivity contribution in [3.8, 4) is 0 Å². The zero-order valence-electron chi connectivity index (χ0n) is 8.37. The predicted octanol–water partition coefficient (Wildman–Crippen LogP) is 2.80. The fourth-order valence-electron chi connectivity index (χ4n) is 1.17. The Hall–Kier alpha value is -0.540. The molecule has 0 aliphatic rings. The SMILES string of the molecule is CC(CCN)SCc1ccccc1F. The Bertz CT molecular complexity index is 278. The molecule has 1 aromatic carbocycles. The third-order valence-corrected chi connectivity index (χ3v) is 3.34. The fraction of sp³-hybridized carbons (Fsp3) is 0.455. The highest BCUT2D eigenvalue weighted by Crippen LogP contribution is 2.20. The monoisotopic (exact) mass is 213 g/mol. The van der Waals surface area contributed by atoms with E-state index in [1.54, 1.807) is 17.8 Å². The van der Waals surface area contributed by atoms with Crippen LogP contribution in [0.2, 0.25) is 0 Å². The molecule has 0 spiro atoms. The first-order valence-corrected chi connectivity index (χ1v) is 5.84. The second-order valence-corrected chi connectivity index (χ2v) is 4.72. The zero-order chi connectivity index (χ0) is 10.4. The second-order valence-electron chi connectivity index (χ2n) is 3.29. The first-order chi connectivity index (χ1) is 6.74. The normalized spacial score (nSPS) is 12.8. The van der Waals surface area contributed by atoms with E-state index in [1.165, 1.54) is 6.07 Å². The Labute approximate surface area is 88.9 Å². The van der Waals surface area contributed by atoms with Crippen molar-refractivity contribution < 1.29 is 4.39 Å². The molecular weight excluding hydrogens is 197 g/mol. The lowest BCUT2D eigenvalue weighted by atomic mass is 10.2. The van der Waals surface area contributed by atoms with Gasteiger partial charge in [-0.3, -0.25) is 0 Å². The molecule has 1 nitrogen and oxygen atoms in total. The molecule has 3 heteroatoms. The number of thioether (sulfide) groups is 1. The van der Waals surface area contributed by atoms with Crippen LogP contribution < -0.4 is 5.73 Å². The number of halogens is 1. The van der Waals surface area contributed by atoms with E-state index in [-0.39, 0.29) is 5.82 Å². The zero-order valence-corrected chi connectivity index (χ0v) is 9.19. The smallest absolute Gasteiger partial charge is 0.127 e. The van der Waals surface area contributed by atoms with Crippen LogP contribution in [0.1, 0.15) is 18.9 Å². The summed E-state index contributed by atoms with van der Waals surface area (Å²) in [6, 6.07) is 6.92. The molecular formula is C11H16FNS. The Balaban J connectivity index is 2.41. The fourth-order valence-corrected chi connectivity index (χ4v) is 2.17. The Morgan fingerprint density at radius 3 is 2.79 bits per heavy atom. The summed E-state index contributed by atoms with van der Waals surface area (Å²) in [5.74, 6) is 0.619. The van der Waals surface area contributed by atoms with E-state index in [2.05, 4.69) is 6.92 Å². The minimum absolute atomic E-state index is 0.111. The van der Waals surface area contributed by atoms with Crippen LogP contribution in [-0.4, -0.2) is 11.8 Å². The average molecular weight is 213 g/mol. The van der Waals surface area contributed by atoms with Gasteiger partial charge in [-0.2, -0.15) is 11.8 Å². The summed E-state index contributed by atoms with van der Waals surface area (Å²) in [7, 11) is 0. The third kappa shape index (κ3) is 3.68. The van der Waals surface area contributed by atoms with Gasteiger partial charge in [0.2, 0.25) is 0 Å². The van der Waals surface area contributed by atoms with Crippen LogP contribution in [0.4, 0.5) is 4.39 Å². The highest BCUT2D eigenvalue weighted by Gasteiger charge is 2.04. The Morgan fingerprint density at radius 1 is 1.43 bits per heavy atom. The van der Waals surface area contributed by atoms with Crippen LogP contribution in [0.25, 0.3) is 0 Å². The van der Waals surface area contributed by atoms with E-state index >= 15 is 0 Å². The van der Waals surface area contributed by atoms with Crippen molar-refractivity contribution in [2.24, 2.45) is 5.73 Å². The topological polar surface area (TPSA) is 26.0 Å². The summed E-state index contributed by atoms with van der Waals surface area (Å²) < 4.78 is 13.2. The van der Waals surface area contributed by atoms with Gasteiger partial charge < -0.3 is 5.73 Å². The van der Waals surface area contributed by atoms with Crippen LogP contribution >= 0.6 is 11.8 Å². The standard InChI is InChI=1S/C11H16FNS/c1-9(6-7-13)14-8-10-4-2-3-5-11(10)12/h2-5,9H,6-8,13H2,1H3. The summed E-state index contributed by atoms with van der Waals surface area (Å²) >= 11 is 1.75. The summed E-state index contributed by atoms with van der Waals surface area (Å²) in [6.45, 7) is 2.82. The van der Waals surface area contributed by atoms with Crippen LogP contribution in [-0.2, 0) is 5.75 Å². The van der Waals surface area contributed by atoms with E-state index in [1.807, 2.05) is 12.1 Å². The van der Waals surface area contributed by atoms with Gasteiger partial charge in [-0.25, -0.2) is 4.39 Å². The minimum atomic E-state index is -0.111. The van der Waals surface area contributed by atoms with E-state index in [4.69, 9.17) is 5.73 Å². The molecule has 1 atom stereocenters. The van der Waals surface area contributed by atoms with E-state index < -0.39 is 0 Å². The van der Waals surface area contributed by atoms with Crippen molar-refractivity contribution in [3.05, 3.63) is 35.6 Å². The molecule has 1 rings (SSSR count). The summed E-state index contributed by atoms with van der Waals surface area (Å²) in [4.78, 5) is 0. The van der Waals surface area contributed by atoms with Crippen LogP contribution in [0.3, 0.4) is 0 Å². The summed E-state index contributed by atoms with van der Waals surface area (Å²) in [6.07, 6.45) is 0.985. The Morgan fingerprint density at radius 2 is 2.14 bits per heavy atom. The number of nitrogens with two attached hydrogens (primary N) is 1. The molecule has 0 saturated carbocycles. The van der Waals surface area contributed by atoms with Gasteiger partial charge in [-0.1, -0.05) is 25.1 Å². The highest BCUT2D eigenvalue weighted by atomic mass is 32.2. The number of hydrogen-bond acceptors (Lipinski definition) is 2. The maximum Gasteiger partial charge on any atom is 0.127 e. The second kappa shape index (κ2) is 6.04. The first kappa shape index (κ1) is 11.5. The van der Waals surface area contributed by atoms with Gasteiger partial charge in [-0.15, -0.1) is 0 Å². The van der Waals surface area contributed by atoms with Crippen molar-refractivity contribution in [2.75, 3.05) is 6.54 Å². The molecule has 0 amide bonds. The maximum atomic E-state index is 13.2. The highest BCUT2D eigenvalue weighted by molar-refractivity contribution is 7.99. The molecule has 0 bridgehead atoms. The Kier molecular flexibility index (Phi) is 4.98. The quantitative estimate of drug-likeness (QED) is 0.814. The van der Waals surface area contributed by atoms with E-state index in [0.29, 0.717) is 11.8 Å². The lowest BCUT2D eigenvalue weighted by Crippen LogP contribution is -2.07. The molecule has 2 N–H and O–H groups in total. The largest absolute Gasteiger partial charge is 0.330 e. The van der Waals surface area contributed by atoms with Gasteiger partial charge in [-0.05, 0) is 24.6 Å². The number of hydrogen-bond donors (Lipinski definition) is 1. The molecule has 78 valence electrons. The molecule has 0 saturated heterocycles. The molecule has 0 fully saturated rings. The molecule has 1 aromatic rings. The van der Waals surface area contributed by atoms with Gasteiger partial charge in [0.1, 0.15) is 5.82 Å².